The van der Waals surface area contributed by atoms with Crippen molar-refractivity contribution in [1.82, 2.24) is 15.1 Å². The van der Waals surface area contributed by atoms with E-state index in [9.17, 15) is 4.79 Å². The first-order valence-corrected chi connectivity index (χ1v) is 8.28. The molecule has 2 aliphatic rings. The smallest absolute Gasteiger partial charge is 0.237 e. The maximum Gasteiger partial charge on any atom is 0.237 e. The molecule has 2 rings (SSSR count). The lowest BCUT2D eigenvalue weighted by Gasteiger charge is -2.36. The number of likely N-dealkylation sites (tertiary alicyclic amines) is 1. The second-order valence-corrected chi connectivity index (χ2v) is 6.87. The first-order valence-electron chi connectivity index (χ1n) is 8.28. The van der Waals surface area contributed by atoms with Crippen LogP contribution in [0, 0.1) is 0 Å². The highest BCUT2D eigenvalue weighted by molar-refractivity contribution is 5.81. The third kappa shape index (κ3) is 3.96. The number of ether oxygens (including phenoxy) is 1. The van der Waals surface area contributed by atoms with Gasteiger partial charge in [-0.1, -0.05) is 0 Å². The van der Waals surface area contributed by atoms with Crippen molar-refractivity contribution < 1.29 is 9.53 Å². The molecular weight excluding hydrogens is 266 g/mol. The molecule has 0 saturated carbocycles. The Balaban J connectivity index is 1.88. The Kier molecular flexibility index (Phi) is 5.63. The van der Waals surface area contributed by atoms with Crippen molar-refractivity contribution in [2.75, 3.05) is 26.7 Å². The molecular formula is C16H31N3O2. The molecule has 0 aliphatic carbocycles. The maximum absolute atomic E-state index is 12.5. The van der Waals surface area contributed by atoms with Crippen molar-refractivity contribution in [1.29, 1.82) is 0 Å². The number of carbonyl (C=O) groups is 1. The molecule has 0 aromatic carbocycles. The van der Waals surface area contributed by atoms with Crippen molar-refractivity contribution in [3.8, 4) is 0 Å². The molecule has 2 aliphatic heterocycles. The standard InChI is InChI=1S/C16H31N3O2/c1-11-6-7-12(2)19(11)14(4)16(20)17-13(3)15-10-18(5)8-9-21-15/h11-15H,6-10H2,1-5H3,(H,17,20)/t11-,12-,13+,14+,15-/m1/s1. The van der Waals surface area contributed by atoms with E-state index >= 15 is 0 Å². The number of amides is 1. The summed E-state index contributed by atoms with van der Waals surface area (Å²) in [5.74, 6) is 0.125. The van der Waals surface area contributed by atoms with Gasteiger partial charge in [0.1, 0.15) is 0 Å². The van der Waals surface area contributed by atoms with Crippen molar-refractivity contribution in [2.24, 2.45) is 0 Å². The Morgan fingerprint density at radius 1 is 1.24 bits per heavy atom. The van der Waals surface area contributed by atoms with Crippen molar-refractivity contribution in [3.05, 3.63) is 0 Å². The van der Waals surface area contributed by atoms with Gasteiger partial charge in [0.25, 0.3) is 0 Å². The average Bonchev–Trinajstić information content (AvgIpc) is 2.77. The second-order valence-electron chi connectivity index (χ2n) is 6.87. The van der Waals surface area contributed by atoms with E-state index in [0.29, 0.717) is 12.1 Å². The van der Waals surface area contributed by atoms with Crippen molar-refractivity contribution in [3.63, 3.8) is 0 Å². The lowest BCUT2D eigenvalue weighted by Crippen LogP contribution is -2.56. The van der Waals surface area contributed by atoms with E-state index < -0.39 is 0 Å². The largest absolute Gasteiger partial charge is 0.373 e. The highest BCUT2D eigenvalue weighted by Gasteiger charge is 2.35. The van der Waals surface area contributed by atoms with Gasteiger partial charge >= 0.3 is 0 Å². The van der Waals surface area contributed by atoms with E-state index in [0.717, 1.165) is 19.7 Å². The monoisotopic (exact) mass is 297 g/mol. The third-order valence-corrected chi connectivity index (χ3v) is 5.07. The molecule has 2 saturated heterocycles. The fourth-order valence-electron chi connectivity index (χ4n) is 3.67. The molecule has 5 heteroatoms. The predicted molar refractivity (Wildman–Crippen MR) is 84.3 cm³/mol. The molecule has 2 heterocycles. The maximum atomic E-state index is 12.5. The number of likely N-dealkylation sites (N-methyl/N-ethyl adjacent to an activating group) is 1. The highest BCUT2D eigenvalue weighted by Crippen LogP contribution is 2.26. The summed E-state index contributed by atoms with van der Waals surface area (Å²) in [5.41, 5.74) is 0. The van der Waals surface area contributed by atoms with E-state index in [4.69, 9.17) is 4.74 Å². The van der Waals surface area contributed by atoms with E-state index in [1.165, 1.54) is 12.8 Å². The number of carbonyl (C=O) groups excluding carboxylic acids is 1. The van der Waals surface area contributed by atoms with E-state index in [1.807, 2.05) is 13.8 Å². The third-order valence-electron chi connectivity index (χ3n) is 5.07. The van der Waals surface area contributed by atoms with E-state index in [1.54, 1.807) is 0 Å². The van der Waals surface area contributed by atoms with Gasteiger partial charge in [-0.05, 0) is 47.6 Å². The number of morpholine rings is 1. The minimum absolute atomic E-state index is 0.0518. The summed E-state index contributed by atoms with van der Waals surface area (Å²) >= 11 is 0. The van der Waals surface area contributed by atoms with Gasteiger partial charge in [0.2, 0.25) is 5.91 Å². The Labute approximate surface area is 129 Å². The molecule has 0 bridgehead atoms. The van der Waals surface area contributed by atoms with Gasteiger partial charge in [-0.25, -0.2) is 0 Å². The van der Waals surface area contributed by atoms with Gasteiger partial charge in [0.15, 0.2) is 0 Å². The summed E-state index contributed by atoms with van der Waals surface area (Å²) in [4.78, 5) is 17.1. The van der Waals surface area contributed by atoms with Crippen LogP contribution in [0.3, 0.4) is 0 Å². The Morgan fingerprint density at radius 2 is 1.86 bits per heavy atom. The number of nitrogens with zero attached hydrogens (tertiary/aromatic N) is 2. The number of rotatable bonds is 4. The van der Waals surface area contributed by atoms with Crippen molar-refractivity contribution in [2.45, 2.75) is 70.8 Å². The van der Waals surface area contributed by atoms with Crippen LogP contribution in [0.25, 0.3) is 0 Å². The molecule has 0 aromatic heterocycles. The molecule has 0 spiro atoms. The molecule has 122 valence electrons. The molecule has 0 aromatic rings. The zero-order chi connectivity index (χ0) is 15.6. The van der Waals surface area contributed by atoms with Gasteiger partial charge in [-0.2, -0.15) is 0 Å². The Bertz CT molecular complexity index is 353. The minimum atomic E-state index is -0.0683. The van der Waals surface area contributed by atoms with Gasteiger partial charge in [-0.15, -0.1) is 0 Å². The van der Waals surface area contributed by atoms with Crippen LogP contribution in [0.1, 0.15) is 40.5 Å². The van der Waals surface area contributed by atoms with Crippen LogP contribution in [0.15, 0.2) is 0 Å². The van der Waals surface area contributed by atoms with Crippen LogP contribution in [0.5, 0.6) is 0 Å². The van der Waals surface area contributed by atoms with E-state index in [2.05, 4.69) is 36.0 Å². The first kappa shape index (κ1) is 16.7. The topological polar surface area (TPSA) is 44.8 Å². The molecule has 2 fully saturated rings. The van der Waals surface area contributed by atoms with E-state index in [-0.39, 0.29) is 24.1 Å². The molecule has 1 N–H and O–H groups in total. The summed E-state index contributed by atoms with van der Waals surface area (Å²) in [6, 6.07) is 0.971. The van der Waals surface area contributed by atoms with Crippen LogP contribution < -0.4 is 5.32 Å². The summed E-state index contributed by atoms with van der Waals surface area (Å²) in [6.45, 7) is 11.1. The number of nitrogens with one attached hydrogen (secondary N) is 1. The first-order chi connectivity index (χ1) is 9.90. The quantitative estimate of drug-likeness (QED) is 0.843. The zero-order valence-corrected chi connectivity index (χ0v) is 14.1. The normalized spacial score (nSPS) is 34.6. The average molecular weight is 297 g/mol. The van der Waals surface area contributed by atoms with Gasteiger partial charge in [0, 0.05) is 25.2 Å². The second kappa shape index (κ2) is 7.07. The zero-order valence-electron chi connectivity index (χ0n) is 14.1. The lowest BCUT2D eigenvalue weighted by molar-refractivity contribution is -0.129. The number of hydrogen-bond donors (Lipinski definition) is 1. The Morgan fingerprint density at radius 3 is 2.43 bits per heavy atom. The molecule has 1 amide bonds. The van der Waals surface area contributed by atoms with Gasteiger partial charge < -0.3 is 15.0 Å². The fourth-order valence-corrected chi connectivity index (χ4v) is 3.67. The summed E-state index contributed by atoms with van der Waals surface area (Å²) in [5, 5.41) is 3.16. The lowest BCUT2D eigenvalue weighted by atomic mass is 10.1. The fraction of sp³-hybridized carbons (Fsp3) is 0.938. The SMILES string of the molecule is C[C@H](NC(=O)[C@H](C)N1[C@H](C)CC[C@H]1C)[C@H]1CN(C)CCO1. The van der Waals surface area contributed by atoms with Gasteiger partial charge in [-0.3, -0.25) is 9.69 Å². The molecule has 21 heavy (non-hydrogen) atoms. The molecule has 0 unspecified atom stereocenters. The van der Waals surface area contributed by atoms with Crippen LogP contribution in [-0.4, -0.2) is 72.7 Å². The number of hydrogen-bond acceptors (Lipinski definition) is 4. The summed E-state index contributed by atoms with van der Waals surface area (Å²) < 4.78 is 5.79. The van der Waals surface area contributed by atoms with Crippen LogP contribution in [-0.2, 0) is 9.53 Å². The summed E-state index contributed by atoms with van der Waals surface area (Å²) in [6.07, 6.45) is 2.46. The van der Waals surface area contributed by atoms with Crippen LogP contribution in [0.2, 0.25) is 0 Å². The Hall–Kier alpha value is -0.650. The van der Waals surface area contributed by atoms with Gasteiger partial charge in [0.05, 0.1) is 24.8 Å². The van der Waals surface area contributed by atoms with Crippen LogP contribution in [0.4, 0.5) is 0 Å². The molecule has 5 atom stereocenters. The minimum Gasteiger partial charge on any atom is -0.373 e. The highest BCUT2D eigenvalue weighted by atomic mass is 16.5. The molecule has 0 radical (unpaired) electrons. The summed E-state index contributed by atoms with van der Waals surface area (Å²) in [7, 11) is 2.10. The predicted octanol–water partition coefficient (Wildman–Crippen LogP) is 1.08. The van der Waals surface area contributed by atoms with Crippen molar-refractivity contribution >= 4 is 5.91 Å². The molecule has 5 nitrogen and oxygen atoms in total. The van der Waals surface area contributed by atoms with Crippen LogP contribution >= 0.6 is 0 Å².